The van der Waals surface area contributed by atoms with E-state index in [2.05, 4.69) is 62.8 Å². The summed E-state index contributed by atoms with van der Waals surface area (Å²) in [5, 5.41) is 1.28. The Morgan fingerprint density at radius 3 is 3.11 bits per heavy atom. The van der Waals surface area contributed by atoms with Crippen LogP contribution in [0.3, 0.4) is 0 Å². The Morgan fingerprint density at radius 2 is 2.26 bits per heavy atom. The predicted octanol–water partition coefficient (Wildman–Crippen LogP) is 3.12. The smallest absolute Gasteiger partial charge is 0.0881 e. The topological polar surface area (TPSA) is 17.4 Å². The lowest BCUT2D eigenvalue weighted by atomic mass is 10.2. The third kappa shape index (κ3) is 2.86. The summed E-state index contributed by atoms with van der Waals surface area (Å²) in [4.78, 5) is 2.45. The van der Waals surface area contributed by atoms with E-state index in [1.54, 1.807) is 0 Å². The van der Waals surface area contributed by atoms with E-state index in [-0.39, 0.29) is 0 Å². The van der Waals surface area contributed by atoms with Crippen LogP contribution in [-0.2, 0) is 11.3 Å². The van der Waals surface area contributed by atoms with Crippen LogP contribution in [0.5, 0.6) is 0 Å². The summed E-state index contributed by atoms with van der Waals surface area (Å²) in [5.41, 5.74) is 1.28. The van der Waals surface area contributed by atoms with Gasteiger partial charge in [0, 0.05) is 34.7 Å². The van der Waals surface area contributed by atoms with Crippen molar-refractivity contribution in [3.05, 3.63) is 34.9 Å². The second-order valence-corrected chi connectivity index (χ2v) is 5.97. The molecule has 3 rings (SSSR count). The maximum Gasteiger partial charge on any atom is 0.0881 e. The molecule has 1 aromatic carbocycles. The normalized spacial score (nSPS) is 21.1. The van der Waals surface area contributed by atoms with Crippen molar-refractivity contribution in [3.63, 3.8) is 0 Å². The molecule has 102 valence electrons. The molecule has 0 N–H and O–H groups in total. The van der Waals surface area contributed by atoms with Crippen LogP contribution in [0.15, 0.2) is 34.9 Å². The monoisotopic (exact) mass is 322 g/mol. The molecule has 19 heavy (non-hydrogen) atoms. The van der Waals surface area contributed by atoms with E-state index in [9.17, 15) is 0 Å². The standard InChI is InChI=1S/C15H19BrN2O/c1-2-17-7-8-19-14(10-17)11-18-6-5-12-9-13(16)3-4-15(12)18/h3-6,9,14H,2,7-8,10-11H2,1H3. The zero-order valence-corrected chi connectivity index (χ0v) is 12.8. The molecular weight excluding hydrogens is 304 g/mol. The molecule has 1 unspecified atom stereocenters. The molecule has 3 nitrogen and oxygen atoms in total. The second-order valence-electron chi connectivity index (χ2n) is 5.06. The number of fused-ring (bicyclic) bond motifs is 1. The number of hydrogen-bond acceptors (Lipinski definition) is 2. The van der Waals surface area contributed by atoms with Crippen molar-refractivity contribution in [1.82, 2.24) is 9.47 Å². The van der Waals surface area contributed by atoms with Gasteiger partial charge in [0.15, 0.2) is 0 Å². The van der Waals surface area contributed by atoms with Gasteiger partial charge in [0.1, 0.15) is 0 Å². The molecule has 1 aromatic heterocycles. The van der Waals surface area contributed by atoms with Crippen LogP contribution in [0.4, 0.5) is 0 Å². The van der Waals surface area contributed by atoms with Crippen LogP contribution in [-0.4, -0.2) is 41.8 Å². The molecule has 0 radical (unpaired) electrons. The van der Waals surface area contributed by atoms with Crippen molar-refractivity contribution in [3.8, 4) is 0 Å². The molecule has 1 aliphatic heterocycles. The average molecular weight is 323 g/mol. The highest BCUT2D eigenvalue weighted by Crippen LogP contribution is 2.21. The fraction of sp³-hybridized carbons (Fsp3) is 0.467. The molecule has 1 fully saturated rings. The van der Waals surface area contributed by atoms with E-state index < -0.39 is 0 Å². The average Bonchev–Trinajstić information content (AvgIpc) is 2.81. The molecule has 2 aromatic rings. The molecular formula is C15H19BrN2O. The van der Waals surface area contributed by atoms with Crippen LogP contribution in [0, 0.1) is 0 Å². The van der Waals surface area contributed by atoms with E-state index in [0.717, 1.165) is 37.3 Å². The fourth-order valence-electron chi connectivity index (χ4n) is 2.73. The summed E-state index contributed by atoms with van der Waals surface area (Å²) in [6, 6.07) is 8.59. The number of rotatable bonds is 3. The number of halogens is 1. The molecule has 0 amide bonds. The first-order valence-corrected chi connectivity index (χ1v) is 7.64. The highest BCUT2D eigenvalue weighted by molar-refractivity contribution is 9.10. The Balaban J connectivity index is 1.77. The van der Waals surface area contributed by atoms with Crippen molar-refractivity contribution in [2.75, 3.05) is 26.2 Å². The number of nitrogens with zero attached hydrogens (tertiary/aromatic N) is 2. The largest absolute Gasteiger partial charge is 0.374 e. The lowest BCUT2D eigenvalue weighted by Gasteiger charge is -2.32. The minimum Gasteiger partial charge on any atom is -0.374 e. The number of aromatic nitrogens is 1. The first-order chi connectivity index (χ1) is 9.26. The summed E-state index contributed by atoms with van der Waals surface area (Å²) >= 11 is 3.52. The third-order valence-corrected chi connectivity index (χ3v) is 4.30. The Morgan fingerprint density at radius 1 is 1.37 bits per heavy atom. The summed E-state index contributed by atoms with van der Waals surface area (Å²) in [7, 11) is 0. The molecule has 1 saturated heterocycles. The van der Waals surface area contributed by atoms with Gasteiger partial charge < -0.3 is 9.30 Å². The Bertz CT molecular complexity index is 566. The molecule has 0 bridgehead atoms. The minimum absolute atomic E-state index is 0.299. The van der Waals surface area contributed by atoms with Crippen LogP contribution < -0.4 is 0 Å². The van der Waals surface area contributed by atoms with Crippen LogP contribution in [0.2, 0.25) is 0 Å². The molecule has 0 spiro atoms. The van der Waals surface area contributed by atoms with Gasteiger partial charge in [0.2, 0.25) is 0 Å². The summed E-state index contributed by atoms with van der Waals surface area (Å²) < 4.78 is 9.31. The Hall–Kier alpha value is -0.840. The van der Waals surface area contributed by atoms with Crippen molar-refractivity contribution < 1.29 is 4.74 Å². The van der Waals surface area contributed by atoms with Gasteiger partial charge in [-0.3, -0.25) is 4.90 Å². The molecule has 4 heteroatoms. The Kier molecular flexibility index (Phi) is 3.91. The van der Waals surface area contributed by atoms with Gasteiger partial charge >= 0.3 is 0 Å². The van der Waals surface area contributed by atoms with E-state index in [4.69, 9.17) is 4.74 Å². The molecule has 0 saturated carbocycles. The zero-order valence-electron chi connectivity index (χ0n) is 11.2. The molecule has 1 aliphatic rings. The first-order valence-electron chi connectivity index (χ1n) is 6.84. The molecule has 0 aliphatic carbocycles. The lowest BCUT2D eigenvalue weighted by molar-refractivity contribution is -0.0337. The number of benzene rings is 1. The van der Waals surface area contributed by atoms with Gasteiger partial charge in [-0.1, -0.05) is 22.9 Å². The van der Waals surface area contributed by atoms with Crippen molar-refractivity contribution in [1.29, 1.82) is 0 Å². The third-order valence-electron chi connectivity index (χ3n) is 3.80. The zero-order chi connectivity index (χ0) is 13.2. The van der Waals surface area contributed by atoms with Crippen LogP contribution in [0.25, 0.3) is 10.9 Å². The Labute approximate surface area is 122 Å². The maximum atomic E-state index is 5.88. The van der Waals surface area contributed by atoms with Crippen molar-refractivity contribution in [2.24, 2.45) is 0 Å². The SMILES string of the molecule is CCN1CCOC(Cn2ccc3cc(Br)ccc32)C1. The maximum absolute atomic E-state index is 5.88. The van der Waals surface area contributed by atoms with Crippen LogP contribution >= 0.6 is 15.9 Å². The van der Waals surface area contributed by atoms with Crippen molar-refractivity contribution in [2.45, 2.75) is 19.6 Å². The highest BCUT2D eigenvalue weighted by atomic mass is 79.9. The van der Waals surface area contributed by atoms with Crippen LogP contribution in [0.1, 0.15) is 6.92 Å². The first kappa shape index (κ1) is 13.2. The number of morpholine rings is 1. The summed E-state index contributed by atoms with van der Waals surface area (Å²) in [6.45, 7) is 7.20. The minimum atomic E-state index is 0.299. The van der Waals surface area contributed by atoms with Crippen molar-refractivity contribution >= 4 is 26.8 Å². The van der Waals surface area contributed by atoms with E-state index in [1.807, 2.05) is 0 Å². The van der Waals surface area contributed by atoms with Gasteiger partial charge in [-0.05, 0) is 30.8 Å². The van der Waals surface area contributed by atoms with E-state index in [1.165, 1.54) is 10.9 Å². The van der Waals surface area contributed by atoms with E-state index >= 15 is 0 Å². The fourth-order valence-corrected chi connectivity index (χ4v) is 3.11. The van der Waals surface area contributed by atoms with Gasteiger partial charge in [0.05, 0.1) is 19.3 Å². The second kappa shape index (κ2) is 5.65. The molecule has 2 heterocycles. The van der Waals surface area contributed by atoms with Gasteiger partial charge in [-0.2, -0.15) is 0 Å². The lowest BCUT2D eigenvalue weighted by Crippen LogP contribution is -2.43. The molecule has 1 atom stereocenters. The quantitative estimate of drug-likeness (QED) is 0.863. The van der Waals surface area contributed by atoms with Gasteiger partial charge in [-0.15, -0.1) is 0 Å². The number of hydrogen-bond donors (Lipinski definition) is 0. The summed E-state index contributed by atoms with van der Waals surface area (Å²) in [6.07, 6.45) is 2.46. The highest BCUT2D eigenvalue weighted by Gasteiger charge is 2.19. The predicted molar refractivity (Wildman–Crippen MR) is 81.5 cm³/mol. The summed E-state index contributed by atoms with van der Waals surface area (Å²) in [5.74, 6) is 0. The van der Waals surface area contributed by atoms with Gasteiger partial charge in [0.25, 0.3) is 0 Å². The number of ether oxygens (including phenoxy) is 1. The van der Waals surface area contributed by atoms with Gasteiger partial charge in [-0.25, -0.2) is 0 Å². The van der Waals surface area contributed by atoms with E-state index in [0.29, 0.717) is 6.10 Å². The number of likely N-dealkylation sites (N-methyl/N-ethyl adjacent to an activating group) is 1.